The normalized spacial score (nSPS) is 25.7. The lowest BCUT2D eigenvalue weighted by atomic mass is 10.00. The lowest BCUT2D eigenvalue weighted by molar-refractivity contribution is -0.137. The monoisotopic (exact) mass is 276 g/mol. The summed E-state index contributed by atoms with van der Waals surface area (Å²) in [6, 6.07) is 7.17. The molecule has 1 aromatic rings. The molecule has 1 heterocycles. The van der Waals surface area contributed by atoms with Gasteiger partial charge in [0, 0.05) is 18.6 Å². The van der Waals surface area contributed by atoms with Crippen molar-refractivity contribution in [3.05, 3.63) is 35.6 Å². The Labute approximate surface area is 119 Å². The molecule has 2 fully saturated rings. The molecule has 1 saturated carbocycles. The van der Waals surface area contributed by atoms with E-state index in [9.17, 15) is 9.18 Å². The zero-order chi connectivity index (χ0) is 14.1. The Morgan fingerprint density at radius 3 is 2.80 bits per heavy atom. The topological polar surface area (TPSA) is 32.3 Å². The lowest BCUT2D eigenvalue weighted by Crippen LogP contribution is -2.41. The maximum Gasteiger partial charge on any atom is 0.227 e. The van der Waals surface area contributed by atoms with Gasteiger partial charge in [-0.3, -0.25) is 4.79 Å². The highest BCUT2D eigenvalue weighted by Crippen LogP contribution is 2.31. The fourth-order valence-corrected chi connectivity index (χ4v) is 3.01. The van der Waals surface area contributed by atoms with Crippen LogP contribution in [0.1, 0.15) is 31.7 Å². The first-order valence-corrected chi connectivity index (χ1v) is 7.43. The third-order valence-electron chi connectivity index (χ3n) is 4.36. The molecule has 20 heavy (non-hydrogen) atoms. The second-order valence-corrected chi connectivity index (χ2v) is 5.97. The highest BCUT2D eigenvalue weighted by atomic mass is 19.1. The number of benzene rings is 1. The minimum absolute atomic E-state index is 0.0733. The van der Waals surface area contributed by atoms with Crippen molar-refractivity contribution >= 4 is 5.91 Å². The number of carbonyl (C=O) groups excluding carboxylic acids is 1. The molecule has 3 nitrogen and oxygen atoms in total. The maximum absolute atomic E-state index is 13.3. The summed E-state index contributed by atoms with van der Waals surface area (Å²) in [5, 5.41) is 3.33. The lowest BCUT2D eigenvalue weighted by Gasteiger charge is -2.27. The predicted molar refractivity (Wildman–Crippen MR) is 75.5 cm³/mol. The Morgan fingerprint density at radius 2 is 2.20 bits per heavy atom. The summed E-state index contributed by atoms with van der Waals surface area (Å²) in [5.41, 5.74) is 0.879. The summed E-state index contributed by atoms with van der Waals surface area (Å²) >= 11 is 0. The molecule has 1 saturated heterocycles. The van der Waals surface area contributed by atoms with Crippen LogP contribution in [0.25, 0.3) is 0 Å². The van der Waals surface area contributed by atoms with E-state index >= 15 is 0 Å². The second-order valence-electron chi connectivity index (χ2n) is 5.97. The van der Waals surface area contributed by atoms with Gasteiger partial charge in [0.05, 0.1) is 5.92 Å². The zero-order valence-corrected chi connectivity index (χ0v) is 11.8. The molecule has 3 rings (SSSR count). The van der Waals surface area contributed by atoms with E-state index in [0.717, 1.165) is 31.4 Å². The van der Waals surface area contributed by atoms with Gasteiger partial charge in [-0.25, -0.2) is 4.39 Å². The van der Waals surface area contributed by atoms with Crippen molar-refractivity contribution in [1.29, 1.82) is 0 Å². The molecule has 4 heteroatoms. The van der Waals surface area contributed by atoms with Crippen LogP contribution in [0.2, 0.25) is 0 Å². The molecule has 0 bridgehead atoms. The van der Waals surface area contributed by atoms with Crippen LogP contribution < -0.4 is 5.32 Å². The molecule has 0 radical (unpaired) electrons. The molecular formula is C16H21FN2O. The van der Waals surface area contributed by atoms with E-state index in [1.165, 1.54) is 12.1 Å². The summed E-state index contributed by atoms with van der Waals surface area (Å²) in [6.07, 6.45) is 3.07. The number of hydrogen-bond donors (Lipinski definition) is 1. The highest BCUT2D eigenvalue weighted by molar-refractivity contribution is 5.80. The number of nitrogens with one attached hydrogen (secondary N) is 1. The third-order valence-corrected chi connectivity index (χ3v) is 4.36. The predicted octanol–water partition coefficient (Wildman–Crippen LogP) is 2.31. The van der Waals surface area contributed by atoms with Crippen molar-refractivity contribution in [2.24, 2.45) is 5.92 Å². The van der Waals surface area contributed by atoms with E-state index in [2.05, 4.69) is 12.2 Å². The fraction of sp³-hybridized carbons (Fsp3) is 0.562. The van der Waals surface area contributed by atoms with Gasteiger partial charge < -0.3 is 10.2 Å². The number of amides is 1. The van der Waals surface area contributed by atoms with E-state index in [1.54, 1.807) is 6.07 Å². The molecule has 2 aliphatic rings. The van der Waals surface area contributed by atoms with Gasteiger partial charge in [0.1, 0.15) is 5.82 Å². The van der Waals surface area contributed by atoms with Gasteiger partial charge in [0.15, 0.2) is 0 Å². The Morgan fingerprint density at radius 1 is 1.40 bits per heavy atom. The molecule has 0 aromatic heterocycles. The van der Waals surface area contributed by atoms with Crippen molar-refractivity contribution in [2.75, 3.05) is 6.54 Å². The zero-order valence-electron chi connectivity index (χ0n) is 11.8. The van der Waals surface area contributed by atoms with E-state index in [0.29, 0.717) is 12.6 Å². The van der Waals surface area contributed by atoms with Crippen LogP contribution in [-0.4, -0.2) is 29.4 Å². The Bertz CT molecular complexity index is 501. The van der Waals surface area contributed by atoms with Gasteiger partial charge in [-0.15, -0.1) is 0 Å². The van der Waals surface area contributed by atoms with Crippen molar-refractivity contribution in [3.8, 4) is 0 Å². The summed E-state index contributed by atoms with van der Waals surface area (Å²) in [7, 11) is 0. The number of nitrogens with zero attached hydrogens (tertiary/aromatic N) is 1. The molecule has 1 N–H and O–H groups in total. The smallest absolute Gasteiger partial charge is 0.227 e. The highest BCUT2D eigenvalue weighted by Gasteiger charge is 2.39. The Kier molecular flexibility index (Phi) is 3.74. The van der Waals surface area contributed by atoms with Crippen LogP contribution >= 0.6 is 0 Å². The average Bonchev–Trinajstić information content (AvgIpc) is 3.17. The van der Waals surface area contributed by atoms with Crippen LogP contribution in [0.3, 0.4) is 0 Å². The minimum atomic E-state index is -0.235. The Balaban J connectivity index is 1.74. The summed E-state index contributed by atoms with van der Waals surface area (Å²) < 4.78 is 13.3. The summed E-state index contributed by atoms with van der Waals surface area (Å²) in [5.74, 6) is 0.0695. The molecular weight excluding hydrogens is 255 g/mol. The van der Waals surface area contributed by atoms with Crippen LogP contribution in [0, 0.1) is 11.7 Å². The van der Waals surface area contributed by atoms with E-state index in [4.69, 9.17) is 0 Å². The first kappa shape index (κ1) is 13.6. The molecule has 1 amide bonds. The average molecular weight is 276 g/mol. The first-order valence-electron chi connectivity index (χ1n) is 7.43. The standard InChI is InChI=1S/C16H21FN2O/c1-11-15(7-8-18-11)16(20)19(14-5-6-14)10-12-3-2-4-13(17)9-12/h2-4,9,11,14-15,18H,5-8,10H2,1H3. The first-order chi connectivity index (χ1) is 9.65. The third kappa shape index (κ3) is 2.85. The number of carbonyl (C=O) groups is 1. The van der Waals surface area contributed by atoms with Crippen molar-refractivity contribution in [1.82, 2.24) is 10.2 Å². The van der Waals surface area contributed by atoms with Crippen LogP contribution in [0.4, 0.5) is 4.39 Å². The molecule has 2 unspecified atom stereocenters. The Hall–Kier alpha value is -1.42. The van der Waals surface area contributed by atoms with E-state index in [1.807, 2.05) is 11.0 Å². The largest absolute Gasteiger partial charge is 0.335 e. The van der Waals surface area contributed by atoms with Gasteiger partial charge in [0.2, 0.25) is 5.91 Å². The molecule has 108 valence electrons. The van der Waals surface area contributed by atoms with Crippen LogP contribution in [0.5, 0.6) is 0 Å². The van der Waals surface area contributed by atoms with Crippen molar-refractivity contribution in [3.63, 3.8) is 0 Å². The molecule has 0 spiro atoms. The van der Waals surface area contributed by atoms with E-state index in [-0.39, 0.29) is 23.7 Å². The van der Waals surface area contributed by atoms with Crippen molar-refractivity contribution < 1.29 is 9.18 Å². The van der Waals surface area contributed by atoms with Crippen LogP contribution in [-0.2, 0) is 11.3 Å². The van der Waals surface area contributed by atoms with E-state index < -0.39 is 0 Å². The van der Waals surface area contributed by atoms with Crippen molar-refractivity contribution in [2.45, 2.75) is 44.8 Å². The molecule has 1 aliphatic heterocycles. The van der Waals surface area contributed by atoms with Gasteiger partial charge in [-0.05, 0) is 50.4 Å². The quantitative estimate of drug-likeness (QED) is 0.915. The van der Waals surface area contributed by atoms with Gasteiger partial charge in [-0.1, -0.05) is 12.1 Å². The molecule has 2 atom stereocenters. The van der Waals surface area contributed by atoms with Gasteiger partial charge >= 0.3 is 0 Å². The molecule has 1 aromatic carbocycles. The van der Waals surface area contributed by atoms with Gasteiger partial charge in [-0.2, -0.15) is 0 Å². The maximum atomic E-state index is 13.3. The summed E-state index contributed by atoms with van der Waals surface area (Å²) in [6.45, 7) is 3.52. The number of rotatable bonds is 4. The van der Waals surface area contributed by atoms with Gasteiger partial charge in [0.25, 0.3) is 0 Å². The number of hydrogen-bond acceptors (Lipinski definition) is 2. The SMILES string of the molecule is CC1NCCC1C(=O)N(Cc1cccc(F)c1)C1CC1. The molecule has 1 aliphatic carbocycles. The summed E-state index contributed by atoms with van der Waals surface area (Å²) in [4.78, 5) is 14.7. The van der Waals surface area contributed by atoms with Crippen LogP contribution in [0.15, 0.2) is 24.3 Å². The second kappa shape index (κ2) is 5.52. The number of halogens is 1. The minimum Gasteiger partial charge on any atom is -0.335 e. The fourth-order valence-electron chi connectivity index (χ4n) is 3.01.